The fourth-order valence-corrected chi connectivity index (χ4v) is 2.59. The largest absolute Gasteiger partial charge is 0.483 e. The van der Waals surface area contributed by atoms with Gasteiger partial charge in [0, 0.05) is 19.0 Å². The fraction of sp³-hybridized carbons (Fsp3) is 0.389. The Morgan fingerprint density at radius 3 is 3.04 bits per heavy atom. The van der Waals surface area contributed by atoms with Gasteiger partial charge in [-0.25, -0.2) is 0 Å². The number of hydrogen-bond donors (Lipinski definition) is 1. The third kappa shape index (κ3) is 4.10. The third-order valence-corrected chi connectivity index (χ3v) is 3.65. The molecule has 0 aliphatic carbocycles. The number of ether oxygens (including phenoxy) is 2. The van der Waals surface area contributed by atoms with Crippen molar-refractivity contribution in [2.24, 2.45) is 7.05 Å². The molecule has 2 aromatic rings. The Labute approximate surface area is 146 Å². The topological polar surface area (TPSA) is 78.3 Å². The molecule has 0 atom stereocenters. The molecule has 2 heterocycles. The van der Waals surface area contributed by atoms with Gasteiger partial charge in [0.05, 0.1) is 12.7 Å². The van der Waals surface area contributed by atoms with Gasteiger partial charge in [-0.05, 0) is 19.9 Å². The van der Waals surface area contributed by atoms with Crippen LogP contribution >= 0.6 is 0 Å². The standard InChI is InChI=1S/C18H20N4O3/c1-18(2)11-13-7-6-8-15(16(13)25-18)24-10-5-4-9-19-17(23)14-12-22(3)21-20-14/h6-8,12H,9-11H2,1-3H3,(H,19,23). The van der Waals surface area contributed by atoms with Gasteiger partial charge in [-0.1, -0.05) is 29.2 Å². The number of nitrogens with zero attached hydrogens (tertiary/aromatic N) is 3. The van der Waals surface area contributed by atoms with Crippen LogP contribution < -0.4 is 14.8 Å². The number of para-hydroxylation sites is 1. The maximum Gasteiger partial charge on any atom is 0.274 e. The van der Waals surface area contributed by atoms with E-state index in [0.717, 1.165) is 17.7 Å². The van der Waals surface area contributed by atoms with E-state index >= 15 is 0 Å². The normalized spacial score (nSPS) is 14.0. The van der Waals surface area contributed by atoms with E-state index in [4.69, 9.17) is 9.47 Å². The van der Waals surface area contributed by atoms with E-state index < -0.39 is 0 Å². The summed E-state index contributed by atoms with van der Waals surface area (Å²) in [5, 5.41) is 10.1. The van der Waals surface area contributed by atoms with Crippen molar-refractivity contribution >= 4 is 5.91 Å². The molecule has 0 bridgehead atoms. The van der Waals surface area contributed by atoms with Crippen LogP contribution in [-0.4, -0.2) is 39.7 Å². The molecule has 0 saturated heterocycles. The van der Waals surface area contributed by atoms with Crippen molar-refractivity contribution in [2.45, 2.75) is 25.9 Å². The molecular formula is C18H20N4O3. The zero-order chi connectivity index (χ0) is 17.9. The van der Waals surface area contributed by atoms with E-state index in [0.29, 0.717) is 5.75 Å². The van der Waals surface area contributed by atoms with Gasteiger partial charge in [0.2, 0.25) is 0 Å². The minimum Gasteiger partial charge on any atom is -0.483 e. The summed E-state index contributed by atoms with van der Waals surface area (Å²) in [6.45, 7) is 4.54. The third-order valence-electron chi connectivity index (χ3n) is 3.65. The van der Waals surface area contributed by atoms with Crippen LogP contribution in [0.15, 0.2) is 24.4 Å². The molecule has 1 aromatic heterocycles. The first-order valence-corrected chi connectivity index (χ1v) is 7.98. The molecule has 130 valence electrons. The van der Waals surface area contributed by atoms with Gasteiger partial charge in [0.15, 0.2) is 17.2 Å². The average molecular weight is 340 g/mol. The summed E-state index contributed by atoms with van der Waals surface area (Å²) in [5.74, 6) is 6.90. The predicted molar refractivity (Wildman–Crippen MR) is 91.5 cm³/mol. The lowest BCUT2D eigenvalue weighted by atomic mass is 10.0. The Morgan fingerprint density at radius 2 is 2.28 bits per heavy atom. The summed E-state index contributed by atoms with van der Waals surface area (Å²) >= 11 is 0. The van der Waals surface area contributed by atoms with Crippen LogP contribution in [0, 0.1) is 11.8 Å². The smallest absolute Gasteiger partial charge is 0.274 e. The lowest BCUT2D eigenvalue weighted by Gasteiger charge is -2.17. The Kier molecular flexibility index (Phi) is 4.61. The molecule has 1 aliphatic rings. The molecule has 7 heteroatoms. The first kappa shape index (κ1) is 16.8. The highest BCUT2D eigenvalue weighted by Gasteiger charge is 2.32. The number of carbonyl (C=O) groups is 1. The lowest BCUT2D eigenvalue weighted by molar-refractivity contribution is 0.0953. The van der Waals surface area contributed by atoms with Crippen LogP contribution in [-0.2, 0) is 13.5 Å². The molecule has 1 aliphatic heterocycles. The van der Waals surface area contributed by atoms with Gasteiger partial charge in [-0.3, -0.25) is 9.48 Å². The minimum atomic E-state index is -0.306. The molecule has 0 saturated carbocycles. The van der Waals surface area contributed by atoms with Gasteiger partial charge in [-0.2, -0.15) is 0 Å². The molecule has 0 radical (unpaired) electrons. The van der Waals surface area contributed by atoms with Crippen LogP contribution in [0.5, 0.6) is 11.5 Å². The molecule has 7 nitrogen and oxygen atoms in total. The molecule has 25 heavy (non-hydrogen) atoms. The minimum absolute atomic E-state index is 0.210. The number of hydrogen-bond acceptors (Lipinski definition) is 5. The van der Waals surface area contributed by atoms with E-state index in [2.05, 4.69) is 41.3 Å². The van der Waals surface area contributed by atoms with Gasteiger partial charge >= 0.3 is 0 Å². The molecule has 1 aromatic carbocycles. The highest BCUT2D eigenvalue weighted by atomic mass is 16.5. The Morgan fingerprint density at radius 1 is 1.44 bits per heavy atom. The average Bonchev–Trinajstić information content (AvgIpc) is 3.12. The summed E-state index contributed by atoms with van der Waals surface area (Å²) in [4.78, 5) is 11.8. The number of fused-ring (bicyclic) bond motifs is 1. The zero-order valence-corrected chi connectivity index (χ0v) is 14.5. The van der Waals surface area contributed by atoms with E-state index in [1.807, 2.05) is 18.2 Å². The highest BCUT2D eigenvalue weighted by Crippen LogP contribution is 2.41. The number of carbonyl (C=O) groups excluding carboxylic acids is 1. The zero-order valence-electron chi connectivity index (χ0n) is 14.5. The number of amides is 1. The SMILES string of the molecule is Cn1cc(C(=O)NCC#CCOc2cccc3c2OC(C)(C)C3)nn1. The second-order valence-corrected chi connectivity index (χ2v) is 6.39. The van der Waals surface area contributed by atoms with E-state index in [1.54, 1.807) is 13.2 Å². The van der Waals surface area contributed by atoms with Crippen molar-refractivity contribution in [1.29, 1.82) is 0 Å². The number of nitrogens with one attached hydrogen (secondary N) is 1. The highest BCUT2D eigenvalue weighted by molar-refractivity contribution is 5.91. The molecule has 3 rings (SSSR count). The van der Waals surface area contributed by atoms with Crippen molar-refractivity contribution in [3.8, 4) is 23.3 Å². The fourth-order valence-electron chi connectivity index (χ4n) is 2.59. The number of aryl methyl sites for hydroxylation is 1. The first-order valence-electron chi connectivity index (χ1n) is 7.98. The Bertz CT molecular complexity index is 845. The number of benzene rings is 1. The van der Waals surface area contributed by atoms with Gasteiger partial charge in [0.1, 0.15) is 12.2 Å². The van der Waals surface area contributed by atoms with E-state index in [1.165, 1.54) is 4.68 Å². The van der Waals surface area contributed by atoms with Crippen molar-refractivity contribution in [3.05, 3.63) is 35.7 Å². The summed E-state index contributed by atoms with van der Waals surface area (Å²) in [6.07, 6.45) is 2.41. The first-order chi connectivity index (χ1) is 11.9. The van der Waals surface area contributed by atoms with Crippen LogP contribution in [0.4, 0.5) is 0 Å². The van der Waals surface area contributed by atoms with Crippen molar-refractivity contribution in [3.63, 3.8) is 0 Å². The monoisotopic (exact) mass is 340 g/mol. The molecule has 1 amide bonds. The van der Waals surface area contributed by atoms with E-state index in [9.17, 15) is 4.79 Å². The maximum absolute atomic E-state index is 11.8. The predicted octanol–water partition coefficient (Wildman–Crippen LogP) is 1.34. The number of rotatable bonds is 4. The van der Waals surface area contributed by atoms with E-state index in [-0.39, 0.29) is 30.4 Å². The van der Waals surface area contributed by atoms with Crippen LogP contribution in [0.25, 0.3) is 0 Å². The van der Waals surface area contributed by atoms with Crippen LogP contribution in [0.3, 0.4) is 0 Å². The number of aromatic nitrogens is 3. The summed E-state index contributed by atoms with van der Waals surface area (Å²) in [7, 11) is 1.70. The van der Waals surface area contributed by atoms with Gasteiger partial charge < -0.3 is 14.8 Å². The molecular weight excluding hydrogens is 320 g/mol. The molecule has 0 spiro atoms. The summed E-state index contributed by atoms with van der Waals surface area (Å²) in [6, 6.07) is 5.87. The second-order valence-electron chi connectivity index (χ2n) is 6.39. The molecule has 0 unspecified atom stereocenters. The summed E-state index contributed by atoms with van der Waals surface area (Å²) < 4.78 is 13.1. The van der Waals surface area contributed by atoms with Crippen LogP contribution in [0.2, 0.25) is 0 Å². The van der Waals surface area contributed by atoms with Crippen molar-refractivity contribution in [2.75, 3.05) is 13.2 Å². The molecule has 0 fully saturated rings. The summed E-state index contributed by atoms with van der Waals surface area (Å²) in [5.41, 5.74) is 1.20. The Hall–Kier alpha value is -3.01. The Balaban J connectivity index is 1.48. The lowest BCUT2D eigenvalue weighted by Crippen LogP contribution is -2.24. The van der Waals surface area contributed by atoms with Crippen molar-refractivity contribution in [1.82, 2.24) is 20.3 Å². The second kappa shape index (κ2) is 6.85. The van der Waals surface area contributed by atoms with Crippen molar-refractivity contribution < 1.29 is 14.3 Å². The van der Waals surface area contributed by atoms with Crippen LogP contribution in [0.1, 0.15) is 29.9 Å². The van der Waals surface area contributed by atoms with Gasteiger partial charge in [0.25, 0.3) is 5.91 Å². The maximum atomic E-state index is 11.8. The van der Waals surface area contributed by atoms with Gasteiger partial charge in [-0.15, -0.1) is 5.10 Å². The molecule has 1 N–H and O–H groups in total. The quantitative estimate of drug-likeness (QED) is 0.850.